The highest BCUT2D eigenvalue weighted by molar-refractivity contribution is 6.38. The number of benzene rings is 1. The van der Waals surface area contributed by atoms with E-state index in [4.69, 9.17) is 16.3 Å². The van der Waals surface area contributed by atoms with Gasteiger partial charge in [0.15, 0.2) is 0 Å². The molecule has 2 heterocycles. The Hall–Kier alpha value is -1.59. The SMILES string of the molecule is CC1COCCN1C(=O)c1[nH]c2ccc(F)cc2c1Cl. The van der Waals surface area contributed by atoms with Gasteiger partial charge in [0.05, 0.1) is 24.3 Å². The van der Waals surface area contributed by atoms with Gasteiger partial charge < -0.3 is 14.6 Å². The van der Waals surface area contributed by atoms with Crippen LogP contribution in [0.5, 0.6) is 0 Å². The summed E-state index contributed by atoms with van der Waals surface area (Å²) in [5, 5.41) is 0.791. The van der Waals surface area contributed by atoms with Crippen LogP contribution in [-0.4, -0.2) is 41.6 Å². The van der Waals surface area contributed by atoms with Crippen LogP contribution in [0.15, 0.2) is 18.2 Å². The molecule has 1 aliphatic rings. The Balaban J connectivity index is 2.01. The first-order valence-corrected chi connectivity index (χ1v) is 6.81. The fraction of sp³-hybridized carbons (Fsp3) is 0.357. The van der Waals surface area contributed by atoms with E-state index in [1.807, 2.05) is 6.92 Å². The summed E-state index contributed by atoms with van der Waals surface area (Å²) in [5.41, 5.74) is 0.960. The third-order valence-corrected chi connectivity index (χ3v) is 3.93. The molecular formula is C14H14ClFN2O2. The Bertz CT molecular complexity index is 670. The number of fused-ring (bicyclic) bond motifs is 1. The van der Waals surface area contributed by atoms with Gasteiger partial charge >= 0.3 is 0 Å². The van der Waals surface area contributed by atoms with Crippen LogP contribution in [0.1, 0.15) is 17.4 Å². The van der Waals surface area contributed by atoms with E-state index in [1.165, 1.54) is 12.1 Å². The lowest BCUT2D eigenvalue weighted by Crippen LogP contribution is -2.47. The zero-order chi connectivity index (χ0) is 14.3. The van der Waals surface area contributed by atoms with E-state index in [0.717, 1.165) is 0 Å². The number of ether oxygens (including phenoxy) is 1. The summed E-state index contributed by atoms with van der Waals surface area (Å²) in [6.45, 7) is 3.48. The Labute approximate surface area is 120 Å². The summed E-state index contributed by atoms with van der Waals surface area (Å²) in [4.78, 5) is 17.2. The van der Waals surface area contributed by atoms with E-state index in [0.29, 0.717) is 36.4 Å². The standard InChI is InChI=1S/C14H14ClFN2O2/c1-8-7-20-5-4-18(8)14(19)13-12(15)10-6-9(16)2-3-11(10)17-13/h2-3,6,8,17H,4-5,7H2,1H3. The number of nitrogens with zero attached hydrogens (tertiary/aromatic N) is 1. The minimum absolute atomic E-state index is 0.00420. The van der Waals surface area contributed by atoms with Gasteiger partial charge in [-0.05, 0) is 25.1 Å². The predicted octanol–water partition coefficient (Wildman–Crippen LogP) is 2.82. The van der Waals surface area contributed by atoms with Crippen LogP contribution in [-0.2, 0) is 4.74 Å². The van der Waals surface area contributed by atoms with Crippen LogP contribution < -0.4 is 0 Å². The topological polar surface area (TPSA) is 45.3 Å². The van der Waals surface area contributed by atoms with Crippen molar-refractivity contribution in [2.24, 2.45) is 0 Å². The smallest absolute Gasteiger partial charge is 0.272 e. The lowest BCUT2D eigenvalue weighted by molar-refractivity contribution is 0.00333. The predicted molar refractivity (Wildman–Crippen MR) is 74.6 cm³/mol. The molecule has 4 nitrogen and oxygen atoms in total. The second-order valence-electron chi connectivity index (χ2n) is 4.93. The molecule has 0 aliphatic carbocycles. The van der Waals surface area contributed by atoms with Crippen LogP contribution in [0, 0.1) is 5.82 Å². The van der Waals surface area contributed by atoms with Crippen LogP contribution in [0.25, 0.3) is 10.9 Å². The molecule has 1 N–H and O–H groups in total. The maximum absolute atomic E-state index is 13.3. The fourth-order valence-corrected chi connectivity index (χ4v) is 2.74. The number of H-pyrrole nitrogens is 1. The molecule has 6 heteroatoms. The van der Waals surface area contributed by atoms with Crippen molar-refractivity contribution < 1.29 is 13.9 Å². The number of nitrogens with one attached hydrogen (secondary N) is 1. The number of halogens is 2. The second kappa shape index (κ2) is 5.07. The number of aromatic amines is 1. The molecule has 2 aromatic rings. The first kappa shape index (κ1) is 13.4. The molecule has 20 heavy (non-hydrogen) atoms. The van der Waals surface area contributed by atoms with E-state index >= 15 is 0 Å². The maximum atomic E-state index is 13.3. The van der Waals surface area contributed by atoms with Crippen LogP contribution >= 0.6 is 11.6 Å². The molecule has 1 unspecified atom stereocenters. The van der Waals surface area contributed by atoms with Gasteiger partial charge in [-0.3, -0.25) is 4.79 Å². The molecule has 0 bridgehead atoms. The van der Waals surface area contributed by atoms with Crippen molar-refractivity contribution in [2.45, 2.75) is 13.0 Å². The molecular weight excluding hydrogens is 283 g/mol. The average Bonchev–Trinajstić information content (AvgIpc) is 2.76. The number of carbonyl (C=O) groups excluding carboxylic acids is 1. The highest BCUT2D eigenvalue weighted by atomic mass is 35.5. The largest absolute Gasteiger partial charge is 0.377 e. The lowest BCUT2D eigenvalue weighted by atomic mass is 10.2. The first-order chi connectivity index (χ1) is 9.58. The molecule has 0 radical (unpaired) electrons. The maximum Gasteiger partial charge on any atom is 0.272 e. The molecule has 1 aliphatic heterocycles. The number of amides is 1. The lowest BCUT2D eigenvalue weighted by Gasteiger charge is -2.33. The van der Waals surface area contributed by atoms with Crippen molar-refractivity contribution in [2.75, 3.05) is 19.8 Å². The Morgan fingerprint density at radius 1 is 1.55 bits per heavy atom. The second-order valence-corrected chi connectivity index (χ2v) is 5.30. The molecule has 0 spiro atoms. The summed E-state index contributed by atoms with van der Waals surface area (Å²) >= 11 is 6.21. The Morgan fingerprint density at radius 2 is 2.35 bits per heavy atom. The van der Waals surface area contributed by atoms with E-state index < -0.39 is 0 Å². The van der Waals surface area contributed by atoms with Gasteiger partial charge in [-0.15, -0.1) is 0 Å². The number of rotatable bonds is 1. The summed E-state index contributed by atoms with van der Waals surface area (Å²) in [6.07, 6.45) is 0. The third-order valence-electron chi connectivity index (χ3n) is 3.54. The van der Waals surface area contributed by atoms with E-state index in [1.54, 1.807) is 11.0 Å². The van der Waals surface area contributed by atoms with Gasteiger partial charge in [0.1, 0.15) is 11.5 Å². The van der Waals surface area contributed by atoms with Crippen molar-refractivity contribution >= 4 is 28.4 Å². The molecule has 1 amide bonds. The Morgan fingerprint density at radius 3 is 3.10 bits per heavy atom. The highest BCUT2D eigenvalue weighted by Crippen LogP contribution is 2.29. The normalized spacial score (nSPS) is 19.6. The van der Waals surface area contributed by atoms with Gasteiger partial charge in [-0.2, -0.15) is 0 Å². The number of hydrogen-bond donors (Lipinski definition) is 1. The minimum atomic E-state index is -0.378. The zero-order valence-electron chi connectivity index (χ0n) is 11.0. The van der Waals surface area contributed by atoms with E-state index in [2.05, 4.69) is 4.98 Å². The van der Waals surface area contributed by atoms with Gasteiger partial charge in [-0.1, -0.05) is 11.6 Å². The fourth-order valence-electron chi connectivity index (χ4n) is 2.45. The molecule has 1 aromatic heterocycles. The number of hydrogen-bond acceptors (Lipinski definition) is 2. The van der Waals surface area contributed by atoms with E-state index in [9.17, 15) is 9.18 Å². The number of aromatic nitrogens is 1. The first-order valence-electron chi connectivity index (χ1n) is 6.43. The van der Waals surface area contributed by atoms with Crippen molar-refractivity contribution in [3.63, 3.8) is 0 Å². The average molecular weight is 297 g/mol. The van der Waals surface area contributed by atoms with Gasteiger partial charge in [-0.25, -0.2) is 4.39 Å². The van der Waals surface area contributed by atoms with Gasteiger partial charge in [0.2, 0.25) is 0 Å². The summed E-state index contributed by atoms with van der Waals surface area (Å²) in [7, 11) is 0. The molecule has 0 saturated carbocycles. The molecule has 106 valence electrons. The van der Waals surface area contributed by atoms with Crippen molar-refractivity contribution in [3.8, 4) is 0 Å². The summed E-state index contributed by atoms with van der Waals surface area (Å²) in [5.74, 6) is -0.556. The molecule has 1 fully saturated rings. The zero-order valence-corrected chi connectivity index (χ0v) is 11.7. The van der Waals surface area contributed by atoms with Crippen molar-refractivity contribution in [1.82, 2.24) is 9.88 Å². The number of carbonyl (C=O) groups is 1. The third kappa shape index (κ3) is 2.17. The van der Waals surface area contributed by atoms with Crippen molar-refractivity contribution in [3.05, 3.63) is 34.7 Å². The number of morpholine rings is 1. The molecule has 1 atom stereocenters. The van der Waals surface area contributed by atoms with Crippen molar-refractivity contribution in [1.29, 1.82) is 0 Å². The Kier molecular flexibility index (Phi) is 3.40. The molecule has 3 rings (SSSR count). The molecule has 1 aromatic carbocycles. The van der Waals surface area contributed by atoms with Crippen LogP contribution in [0.4, 0.5) is 4.39 Å². The van der Waals surface area contributed by atoms with Crippen LogP contribution in [0.2, 0.25) is 5.02 Å². The van der Waals surface area contributed by atoms with Gasteiger partial charge in [0.25, 0.3) is 5.91 Å². The summed E-state index contributed by atoms with van der Waals surface area (Å²) in [6, 6.07) is 4.24. The summed E-state index contributed by atoms with van der Waals surface area (Å²) < 4.78 is 18.6. The van der Waals surface area contributed by atoms with Crippen LogP contribution in [0.3, 0.4) is 0 Å². The quantitative estimate of drug-likeness (QED) is 0.879. The highest BCUT2D eigenvalue weighted by Gasteiger charge is 2.28. The minimum Gasteiger partial charge on any atom is -0.377 e. The monoisotopic (exact) mass is 296 g/mol. The van der Waals surface area contributed by atoms with Gasteiger partial charge in [0, 0.05) is 17.4 Å². The molecule has 1 saturated heterocycles. The van der Waals surface area contributed by atoms with E-state index in [-0.39, 0.29) is 22.8 Å².